The highest BCUT2D eigenvalue weighted by Gasteiger charge is 2.37. The molecule has 3 heterocycles. The molecule has 3 atom stereocenters. The molecule has 1 saturated heterocycles. The molecular weight excluding hydrogens is 632 g/mol. The SMILES string of the molecule is O=C(COC1CC(CNc2ccccn2)N(C(=O)OCc2ccccc2)C1)NC[C@H](Nc1[nH]c2ccccc2c1Br)C(=O)O. The standard InChI is InChI=1S/C31H33BrN6O6/c32-28-23-10-4-5-11-24(23)36-29(28)37-25(30(40)41)16-35-27(39)19-43-22-14-21(15-34-26-12-6-7-13-33-26)38(17-22)31(42)44-18-20-8-2-1-3-9-20/h1-13,21-22,25,36-37H,14-19H2,(H,33,34)(H,35,39)(H,40,41)/t21?,22?,25-/m0/s1. The van der Waals surface area contributed by atoms with Gasteiger partial charge in [0.15, 0.2) is 0 Å². The van der Waals surface area contributed by atoms with Gasteiger partial charge in [-0.3, -0.25) is 4.79 Å². The van der Waals surface area contributed by atoms with E-state index in [4.69, 9.17) is 9.47 Å². The number of pyridine rings is 1. The number of amides is 2. The third-order valence-electron chi connectivity index (χ3n) is 7.21. The molecule has 2 aromatic carbocycles. The number of carboxylic acids is 1. The zero-order valence-corrected chi connectivity index (χ0v) is 25.3. The number of carbonyl (C=O) groups excluding carboxylic acids is 2. The van der Waals surface area contributed by atoms with Gasteiger partial charge in [0.25, 0.3) is 0 Å². The normalized spacial score (nSPS) is 16.8. The quantitative estimate of drug-likeness (QED) is 0.141. The van der Waals surface area contributed by atoms with Crippen LogP contribution in [0.3, 0.4) is 0 Å². The summed E-state index contributed by atoms with van der Waals surface area (Å²) in [5.41, 5.74) is 1.71. The van der Waals surface area contributed by atoms with E-state index >= 15 is 0 Å². The van der Waals surface area contributed by atoms with Crippen LogP contribution in [0.25, 0.3) is 10.9 Å². The van der Waals surface area contributed by atoms with Crippen molar-refractivity contribution in [1.82, 2.24) is 20.2 Å². The summed E-state index contributed by atoms with van der Waals surface area (Å²) in [5.74, 6) is -0.419. The predicted octanol–water partition coefficient (Wildman–Crippen LogP) is 4.22. The molecule has 1 aliphatic heterocycles. The van der Waals surface area contributed by atoms with E-state index in [1.807, 2.05) is 72.8 Å². The van der Waals surface area contributed by atoms with E-state index in [9.17, 15) is 19.5 Å². The molecule has 5 rings (SSSR count). The monoisotopic (exact) mass is 664 g/mol. The molecule has 0 spiro atoms. The Morgan fingerprint density at radius 2 is 1.84 bits per heavy atom. The number of hydrogen-bond acceptors (Lipinski definition) is 8. The first-order valence-electron chi connectivity index (χ1n) is 14.1. The number of ether oxygens (including phenoxy) is 2. The van der Waals surface area contributed by atoms with E-state index in [0.29, 0.717) is 29.1 Å². The van der Waals surface area contributed by atoms with Crippen LogP contribution in [-0.2, 0) is 25.7 Å². The molecule has 0 aliphatic carbocycles. The maximum atomic E-state index is 13.1. The van der Waals surface area contributed by atoms with Crippen molar-refractivity contribution in [3.05, 3.63) is 89.0 Å². The fourth-order valence-electron chi connectivity index (χ4n) is 4.95. The number of carboxylic acid groups (broad SMARTS) is 1. The second-order valence-corrected chi connectivity index (χ2v) is 11.1. The number of nitrogens with one attached hydrogen (secondary N) is 4. The van der Waals surface area contributed by atoms with Gasteiger partial charge in [-0.05, 0) is 46.1 Å². The Bertz CT molecular complexity index is 1570. The van der Waals surface area contributed by atoms with Gasteiger partial charge >= 0.3 is 12.1 Å². The number of H-pyrrole nitrogens is 1. The van der Waals surface area contributed by atoms with Crippen LogP contribution in [0.5, 0.6) is 0 Å². The number of nitrogens with zero attached hydrogens (tertiary/aromatic N) is 2. The van der Waals surface area contributed by atoms with Gasteiger partial charge in [-0.25, -0.2) is 14.6 Å². The summed E-state index contributed by atoms with van der Waals surface area (Å²) in [5, 5.41) is 19.5. The minimum absolute atomic E-state index is 0.137. The Balaban J connectivity index is 1.14. The van der Waals surface area contributed by atoms with Gasteiger partial charge in [0.05, 0.1) is 23.2 Å². The van der Waals surface area contributed by atoms with Gasteiger partial charge in [-0.2, -0.15) is 0 Å². The maximum Gasteiger partial charge on any atom is 0.410 e. The van der Waals surface area contributed by atoms with Crippen molar-refractivity contribution in [1.29, 1.82) is 0 Å². The number of aromatic amines is 1. The molecule has 5 N–H and O–H groups in total. The summed E-state index contributed by atoms with van der Waals surface area (Å²) in [7, 11) is 0. The second kappa shape index (κ2) is 14.7. The molecular formula is C31H33BrN6O6. The number of halogens is 1. The Morgan fingerprint density at radius 3 is 2.59 bits per heavy atom. The third-order valence-corrected chi connectivity index (χ3v) is 8.04. The molecule has 2 aromatic heterocycles. The smallest absolute Gasteiger partial charge is 0.410 e. The fourth-order valence-corrected chi connectivity index (χ4v) is 5.50. The number of para-hydroxylation sites is 1. The van der Waals surface area contributed by atoms with Crippen LogP contribution in [-0.4, -0.2) is 82.4 Å². The second-order valence-electron chi connectivity index (χ2n) is 10.3. The molecule has 1 aliphatic rings. The summed E-state index contributed by atoms with van der Waals surface area (Å²) in [6.45, 7) is 0.333. The summed E-state index contributed by atoms with van der Waals surface area (Å²) < 4.78 is 12.1. The molecule has 2 unspecified atom stereocenters. The lowest BCUT2D eigenvalue weighted by Crippen LogP contribution is -2.43. The topological polar surface area (TPSA) is 158 Å². The predicted molar refractivity (Wildman–Crippen MR) is 168 cm³/mol. The van der Waals surface area contributed by atoms with Crippen LogP contribution < -0.4 is 16.0 Å². The van der Waals surface area contributed by atoms with Crippen molar-refractivity contribution < 1.29 is 29.0 Å². The molecule has 2 amide bonds. The van der Waals surface area contributed by atoms with Crippen LogP contribution >= 0.6 is 15.9 Å². The van der Waals surface area contributed by atoms with Crippen molar-refractivity contribution in [2.24, 2.45) is 0 Å². The first-order valence-corrected chi connectivity index (χ1v) is 14.9. The molecule has 0 saturated carbocycles. The van der Waals surface area contributed by atoms with Crippen molar-refractivity contribution in [2.45, 2.75) is 31.2 Å². The molecule has 230 valence electrons. The zero-order valence-electron chi connectivity index (χ0n) is 23.7. The van der Waals surface area contributed by atoms with Crippen LogP contribution in [0.15, 0.2) is 83.5 Å². The van der Waals surface area contributed by atoms with Crippen molar-refractivity contribution in [2.75, 3.05) is 36.9 Å². The molecule has 12 nitrogen and oxygen atoms in total. The number of benzene rings is 2. The number of fused-ring (bicyclic) bond motifs is 1. The molecule has 4 aromatic rings. The number of anilines is 2. The largest absolute Gasteiger partial charge is 0.480 e. The Labute approximate surface area is 262 Å². The molecule has 44 heavy (non-hydrogen) atoms. The fraction of sp³-hybridized carbons (Fsp3) is 0.290. The van der Waals surface area contributed by atoms with Crippen LogP contribution in [0.2, 0.25) is 0 Å². The van der Waals surface area contributed by atoms with Crippen LogP contribution in [0, 0.1) is 0 Å². The average Bonchev–Trinajstić information content (AvgIpc) is 3.61. The summed E-state index contributed by atoms with van der Waals surface area (Å²) in [6, 6.07) is 21.1. The molecule has 1 fully saturated rings. The van der Waals surface area contributed by atoms with Gasteiger partial charge in [0, 0.05) is 30.2 Å². The average molecular weight is 666 g/mol. The number of rotatable bonds is 13. The van der Waals surface area contributed by atoms with E-state index in [-0.39, 0.29) is 32.3 Å². The lowest BCUT2D eigenvalue weighted by atomic mass is 10.2. The van der Waals surface area contributed by atoms with Gasteiger partial charge in [0.1, 0.15) is 30.9 Å². The van der Waals surface area contributed by atoms with E-state index in [1.165, 1.54) is 0 Å². The van der Waals surface area contributed by atoms with Crippen LogP contribution in [0.4, 0.5) is 16.4 Å². The summed E-state index contributed by atoms with van der Waals surface area (Å²) >= 11 is 3.50. The zero-order chi connectivity index (χ0) is 30.9. The van der Waals surface area contributed by atoms with Gasteiger partial charge in [0.2, 0.25) is 5.91 Å². The highest BCUT2D eigenvalue weighted by molar-refractivity contribution is 9.10. The Hall–Kier alpha value is -4.62. The number of aromatic nitrogens is 2. The third kappa shape index (κ3) is 8.05. The summed E-state index contributed by atoms with van der Waals surface area (Å²) in [6.07, 6.45) is 1.25. The lowest BCUT2D eigenvalue weighted by molar-refractivity contribution is -0.138. The lowest BCUT2D eigenvalue weighted by Gasteiger charge is -2.24. The first-order chi connectivity index (χ1) is 21.4. The highest BCUT2D eigenvalue weighted by atomic mass is 79.9. The van der Waals surface area contributed by atoms with Crippen molar-refractivity contribution >= 4 is 56.4 Å². The molecule has 13 heteroatoms. The Kier molecular flexibility index (Phi) is 10.3. The van der Waals surface area contributed by atoms with E-state index in [0.717, 1.165) is 16.5 Å². The maximum absolute atomic E-state index is 13.1. The van der Waals surface area contributed by atoms with Gasteiger partial charge in [-0.15, -0.1) is 0 Å². The number of likely N-dealkylation sites (tertiary alicyclic amines) is 1. The van der Waals surface area contributed by atoms with E-state index in [2.05, 4.69) is 41.8 Å². The minimum Gasteiger partial charge on any atom is -0.480 e. The van der Waals surface area contributed by atoms with Crippen molar-refractivity contribution in [3.63, 3.8) is 0 Å². The molecule has 0 bridgehead atoms. The number of aliphatic carboxylic acids is 1. The first kappa shape index (κ1) is 30.8. The minimum atomic E-state index is -1.12. The van der Waals surface area contributed by atoms with Crippen LogP contribution in [0.1, 0.15) is 12.0 Å². The molecule has 0 radical (unpaired) electrons. The van der Waals surface area contributed by atoms with Gasteiger partial charge in [-0.1, -0.05) is 54.6 Å². The van der Waals surface area contributed by atoms with Crippen molar-refractivity contribution in [3.8, 4) is 0 Å². The Morgan fingerprint density at radius 1 is 1.07 bits per heavy atom. The summed E-state index contributed by atoms with van der Waals surface area (Å²) in [4.78, 5) is 46.6. The van der Waals surface area contributed by atoms with E-state index < -0.39 is 30.1 Å². The van der Waals surface area contributed by atoms with Gasteiger partial charge < -0.3 is 40.4 Å². The number of carbonyl (C=O) groups is 3. The number of hydrogen-bond donors (Lipinski definition) is 5. The highest BCUT2D eigenvalue weighted by Crippen LogP contribution is 2.31. The van der Waals surface area contributed by atoms with E-state index in [1.54, 1.807) is 11.1 Å².